The van der Waals surface area contributed by atoms with E-state index in [0.29, 0.717) is 18.9 Å². The minimum atomic E-state index is -0.308. The highest BCUT2D eigenvalue weighted by Crippen LogP contribution is 2.21. The van der Waals surface area contributed by atoms with Crippen molar-refractivity contribution in [3.05, 3.63) is 24.1 Å². The second-order valence-corrected chi connectivity index (χ2v) is 7.36. The van der Waals surface area contributed by atoms with E-state index < -0.39 is 0 Å². The molecule has 1 aromatic heterocycles. The van der Waals surface area contributed by atoms with Gasteiger partial charge >= 0.3 is 6.03 Å². The summed E-state index contributed by atoms with van der Waals surface area (Å²) in [7, 11) is 0. The fourth-order valence-electron chi connectivity index (χ4n) is 3.13. The van der Waals surface area contributed by atoms with E-state index in [9.17, 15) is 9.18 Å². The van der Waals surface area contributed by atoms with Gasteiger partial charge in [0.25, 0.3) is 0 Å². The molecule has 126 valence electrons. The average molecular weight is 338 g/mol. The number of carbonyl (C=O) groups is 1. The van der Waals surface area contributed by atoms with Gasteiger partial charge in [-0.25, -0.2) is 14.2 Å². The summed E-state index contributed by atoms with van der Waals surface area (Å²) in [6.45, 7) is 4.22. The molecule has 3 heterocycles. The third-order valence-corrected chi connectivity index (χ3v) is 5.50. The Morgan fingerprint density at radius 1 is 1.39 bits per heavy atom. The van der Waals surface area contributed by atoms with Crippen molar-refractivity contribution in [1.29, 1.82) is 0 Å². The van der Waals surface area contributed by atoms with Crippen molar-refractivity contribution >= 4 is 23.6 Å². The van der Waals surface area contributed by atoms with Gasteiger partial charge in [0.2, 0.25) is 0 Å². The molecule has 0 radical (unpaired) electrons. The molecular weight excluding hydrogens is 315 g/mol. The summed E-state index contributed by atoms with van der Waals surface area (Å²) >= 11 is 1.90. The molecular formula is C16H23FN4OS. The lowest BCUT2D eigenvalue weighted by molar-refractivity contribution is 0.180. The normalized spacial score (nSPS) is 25.3. The zero-order valence-electron chi connectivity index (χ0n) is 13.4. The van der Waals surface area contributed by atoms with Gasteiger partial charge in [-0.15, -0.1) is 0 Å². The summed E-state index contributed by atoms with van der Waals surface area (Å²) < 4.78 is 13.8. The van der Waals surface area contributed by atoms with Crippen LogP contribution in [0.2, 0.25) is 0 Å². The van der Waals surface area contributed by atoms with Crippen molar-refractivity contribution in [3.8, 4) is 0 Å². The van der Waals surface area contributed by atoms with Crippen molar-refractivity contribution in [2.75, 3.05) is 36.0 Å². The molecule has 0 bridgehead atoms. The molecule has 2 aliphatic rings. The second-order valence-electron chi connectivity index (χ2n) is 6.13. The van der Waals surface area contributed by atoms with Crippen molar-refractivity contribution in [2.45, 2.75) is 31.8 Å². The smallest absolute Gasteiger partial charge is 0.317 e. The molecule has 1 aromatic rings. The van der Waals surface area contributed by atoms with Crippen LogP contribution >= 0.6 is 11.8 Å². The number of nitrogens with one attached hydrogen (secondary N) is 1. The zero-order valence-corrected chi connectivity index (χ0v) is 14.2. The van der Waals surface area contributed by atoms with Crippen molar-refractivity contribution < 1.29 is 9.18 Å². The lowest BCUT2D eigenvalue weighted by Crippen LogP contribution is -2.49. The van der Waals surface area contributed by atoms with E-state index in [0.717, 1.165) is 30.9 Å². The highest BCUT2D eigenvalue weighted by atomic mass is 32.2. The Balaban J connectivity index is 1.57. The molecule has 0 saturated carbocycles. The van der Waals surface area contributed by atoms with Crippen LogP contribution in [0.25, 0.3) is 0 Å². The monoisotopic (exact) mass is 338 g/mol. The van der Waals surface area contributed by atoms with Gasteiger partial charge in [-0.1, -0.05) is 0 Å². The van der Waals surface area contributed by atoms with E-state index in [1.165, 1.54) is 6.07 Å². The first-order valence-electron chi connectivity index (χ1n) is 8.15. The number of carbonyl (C=O) groups excluding carboxylic acids is 1. The third kappa shape index (κ3) is 3.88. The van der Waals surface area contributed by atoms with Crippen LogP contribution in [0.4, 0.5) is 15.0 Å². The van der Waals surface area contributed by atoms with E-state index in [2.05, 4.69) is 17.2 Å². The molecule has 2 saturated heterocycles. The SMILES string of the molecule is C[C@H]1CCSCCN1C(=O)N[C@@H]1CCN(c2ncccc2F)C1. The minimum Gasteiger partial charge on any atom is -0.352 e. The second kappa shape index (κ2) is 7.38. The van der Waals surface area contributed by atoms with E-state index in [1.54, 1.807) is 12.3 Å². The number of hydrogen-bond acceptors (Lipinski definition) is 4. The lowest BCUT2D eigenvalue weighted by atomic mass is 10.2. The first-order chi connectivity index (χ1) is 11.1. The lowest BCUT2D eigenvalue weighted by Gasteiger charge is -2.28. The van der Waals surface area contributed by atoms with E-state index >= 15 is 0 Å². The predicted octanol–water partition coefficient (Wildman–Crippen LogP) is 2.34. The largest absolute Gasteiger partial charge is 0.352 e. The molecule has 0 unspecified atom stereocenters. The number of rotatable bonds is 2. The Morgan fingerprint density at radius 3 is 3.09 bits per heavy atom. The number of hydrogen-bond donors (Lipinski definition) is 1. The summed E-state index contributed by atoms with van der Waals surface area (Å²) in [5, 5.41) is 3.11. The van der Waals surface area contributed by atoms with Crippen LogP contribution in [0.3, 0.4) is 0 Å². The molecule has 0 aromatic carbocycles. The molecule has 3 rings (SSSR count). The number of urea groups is 1. The van der Waals surface area contributed by atoms with Crippen LogP contribution in [-0.4, -0.2) is 59.1 Å². The molecule has 2 fully saturated rings. The maximum atomic E-state index is 13.8. The quantitative estimate of drug-likeness (QED) is 0.899. The summed E-state index contributed by atoms with van der Waals surface area (Å²) in [5.74, 6) is 2.18. The topological polar surface area (TPSA) is 48.5 Å². The number of pyridine rings is 1. The summed E-state index contributed by atoms with van der Waals surface area (Å²) in [5.41, 5.74) is 0. The van der Waals surface area contributed by atoms with E-state index in [1.807, 2.05) is 21.6 Å². The van der Waals surface area contributed by atoms with Gasteiger partial charge in [0.1, 0.15) is 0 Å². The number of amides is 2. The standard InChI is InChI=1S/C16H23FN4OS/c1-12-5-9-23-10-8-21(12)16(22)19-13-4-7-20(11-13)15-14(17)3-2-6-18-15/h2-3,6,12-13H,4-5,7-11H2,1H3,(H,19,22)/t12-,13+/m0/s1. The molecule has 7 heteroatoms. The van der Waals surface area contributed by atoms with Crippen molar-refractivity contribution in [1.82, 2.24) is 15.2 Å². The minimum absolute atomic E-state index is 0.00772. The zero-order chi connectivity index (χ0) is 16.2. The van der Waals surface area contributed by atoms with Crippen LogP contribution in [0.15, 0.2) is 18.3 Å². The third-order valence-electron chi connectivity index (χ3n) is 4.50. The summed E-state index contributed by atoms with van der Waals surface area (Å²) in [6.07, 6.45) is 3.45. The molecule has 0 spiro atoms. The molecule has 2 atom stereocenters. The van der Waals surface area contributed by atoms with Gasteiger partial charge in [0.05, 0.1) is 0 Å². The van der Waals surface area contributed by atoms with Gasteiger partial charge in [0, 0.05) is 43.7 Å². The Hall–Kier alpha value is -1.50. The molecule has 5 nitrogen and oxygen atoms in total. The van der Waals surface area contributed by atoms with Crippen LogP contribution < -0.4 is 10.2 Å². The van der Waals surface area contributed by atoms with Crippen molar-refractivity contribution in [3.63, 3.8) is 0 Å². The number of nitrogens with zero attached hydrogens (tertiary/aromatic N) is 3. The van der Waals surface area contributed by atoms with Gasteiger partial charge in [-0.05, 0) is 37.7 Å². The molecule has 1 N–H and O–H groups in total. The van der Waals surface area contributed by atoms with Crippen LogP contribution in [-0.2, 0) is 0 Å². The average Bonchev–Trinajstić information content (AvgIpc) is 2.88. The van der Waals surface area contributed by atoms with Gasteiger partial charge in [0.15, 0.2) is 11.6 Å². The Bertz CT molecular complexity index is 559. The van der Waals surface area contributed by atoms with Gasteiger partial charge in [-0.2, -0.15) is 11.8 Å². The molecule has 23 heavy (non-hydrogen) atoms. The van der Waals surface area contributed by atoms with Crippen LogP contribution in [0, 0.1) is 5.82 Å². The maximum Gasteiger partial charge on any atom is 0.317 e. The number of thioether (sulfide) groups is 1. The fraction of sp³-hybridized carbons (Fsp3) is 0.625. The first kappa shape index (κ1) is 16.4. The fourth-order valence-corrected chi connectivity index (χ4v) is 4.17. The Labute approximate surface area is 140 Å². The first-order valence-corrected chi connectivity index (χ1v) is 9.31. The highest BCUT2D eigenvalue weighted by Gasteiger charge is 2.29. The van der Waals surface area contributed by atoms with Gasteiger partial charge in [-0.3, -0.25) is 0 Å². The number of aromatic nitrogens is 1. The molecule has 2 amide bonds. The maximum absolute atomic E-state index is 13.8. The van der Waals surface area contributed by atoms with E-state index in [-0.39, 0.29) is 23.9 Å². The van der Waals surface area contributed by atoms with Gasteiger partial charge < -0.3 is 15.1 Å². The van der Waals surface area contributed by atoms with Crippen LogP contribution in [0.1, 0.15) is 19.8 Å². The Kier molecular flexibility index (Phi) is 5.25. The number of anilines is 1. The molecule has 0 aliphatic carbocycles. The van der Waals surface area contributed by atoms with E-state index in [4.69, 9.17) is 0 Å². The van der Waals surface area contributed by atoms with Crippen LogP contribution in [0.5, 0.6) is 0 Å². The molecule has 2 aliphatic heterocycles. The predicted molar refractivity (Wildman–Crippen MR) is 91.5 cm³/mol. The Morgan fingerprint density at radius 2 is 2.26 bits per heavy atom. The number of halogens is 1. The highest BCUT2D eigenvalue weighted by molar-refractivity contribution is 7.99. The summed E-state index contributed by atoms with van der Waals surface area (Å²) in [4.78, 5) is 20.5. The van der Waals surface area contributed by atoms with Crippen molar-refractivity contribution in [2.24, 2.45) is 0 Å². The summed E-state index contributed by atoms with van der Waals surface area (Å²) in [6, 6.07) is 3.34.